The first-order chi connectivity index (χ1) is 10.3. The number of hydrogen-bond acceptors (Lipinski definition) is 2. The second kappa shape index (κ2) is 6.02. The van der Waals surface area contributed by atoms with Crippen molar-refractivity contribution in [3.05, 3.63) is 35.9 Å². The Morgan fingerprint density at radius 1 is 1.27 bits per heavy atom. The van der Waals surface area contributed by atoms with E-state index < -0.39 is 34.8 Å². The minimum absolute atomic E-state index is 0.376. The minimum atomic E-state index is -3.69. The largest absolute Gasteiger partial charge is 0.481 e. The highest BCUT2D eigenvalue weighted by molar-refractivity contribution is 5.86. The third-order valence-corrected chi connectivity index (χ3v) is 4.33. The van der Waals surface area contributed by atoms with Crippen LogP contribution in [0, 0.1) is 5.92 Å². The average molecular weight is 311 g/mol. The van der Waals surface area contributed by atoms with Crippen molar-refractivity contribution in [2.45, 2.75) is 44.1 Å². The fourth-order valence-electron chi connectivity index (χ4n) is 3.00. The molecule has 120 valence electrons. The predicted octanol–water partition coefficient (Wildman–Crippen LogP) is 2.93. The maximum Gasteiger partial charge on any atom is 0.349 e. The monoisotopic (exact) mass is 311 g/mol. The van der Waals surface area contributed by atoms with Crippen molar-refractivity contribution in [3.8, 4) is 0 Å². The third kappa shape index (κ3) is 3.10. The summed E-state index contributed by atoms with van der Waals surface area (Å²) in [7, 11) is 0. The average Bonchev–Trinajstić information content (AvgIpc) is 2.47. The lowest BCUT2D eigenvalue weighted by Crippen LogP contribution is -2.58. The number of nitrogens with one attached hydrogen (secondary N) is 1. The number of carbonyl (C=O) groups excluding carboxylic acids is 1. The van der Waals surface area contributed by atoms with Crippen LogP contribution < -0.4 is 5.32 Å². The second-order valence-corrected chi connectivity index (χ2v) is 5.95. The molecule has 2 unspecified atom stereocenters. The van der Waals surface area contributed by atoms with Gasteiger partial charge in [-0.05, 0) is 19.8 Å². The molecule has 1 amide bonds. The maximum absolute atomic E-state index is 14.2. The Morgan fingerprint density at radius 2 is 1.91 bits per heavy atom. The molecule has 0 heterocycles. The van der Waals surface area contributed by atoms with Crippen LogP contribution in [0.3, 0.4) is 0 Å². The highest BCUT2D eigenvalue weighted by atomic mass is 19.3. The summed E-state index contributed by atoms with van der Waals surface area (Å²) in [5, 5.41) is 11.6. The lowest BCUT2D eigenvalue weighted by atomic mass is 9.73. The van der Waals surface area contributed by atoms with Crippen molar-refractivity contribution in [2.24, 2.45) is 5.92 Å². The summed E-state index contributed by atoms with van der Waals surface area (Å²) in [6.45, 7) is 1.53. The number of benzene rings is 1. The van der Waals surface area contributed by atoms with E-state index in [2.05, 4.69) is 5.32 Å². The lowest BCUT2D eigenvalue weighted by molar-refractivity contribution is -0.154. The van der Waals surface area contributed by atoms with Crippen LogP contribution in [0.15, 0.2) is 30.3 Å². The molecule has 0 aliphatic heterocycles. The topological polar surface area (TPSA) is 66.4 Å². The van der Waals surface area contributed by atoms with Gasteiger partial charge in [0, 0.05) is 5.56 Å². The van der Waals surface area contributed by atoms with Gasteiger partial charge in [0.1, 0.15) is 0 Å². The van der Waals surface area contributed by atoms with Crippen LogP contribution in [0.2, 0.25) is 0 Å². The molecule has 0 spiro atoms. The molecule has 0 aromatic heterocycles. The lowest BCUT2D eigenvalue weighted by Gasteiger charge is -2.40. The zero-order valence-electron chi connectivity index (χ0n) is 12.3. The standard InChI is InChI=1S/C16H19F2NO3/c1-15(10-6-5-9-12(15)13(20)21)19-14(22)16(17,18)11-7-3-2-4-8-11/h2-4,7-8,12H,5-6,9-10H2,1H3,(H,19,22)(H,20,21). The normalized spacial score (nSPS) is 25.5. The highest BCUT2D eigenvalue weighted by Crippen LogP contribution is 2.36. The molecule has 0 bridgehead atoms. The Balaban J connectivity index is 2.21. The SMILES string of the molecule is CC1(NC(=O)C(F)(F)c2ccccc2)CCCCC1C(=O)O. The van der Waals surface area contributed by atoms with Crippen molar-refractivity contribution in [2.75, 3.05) is 0 Å². The van der Waals surface area contributed by atoms with Crippen LogP contribution in [0.1, 0.15) is 38.2 Å². The zero-order valence-corrected chi connectivity index (χ0v) is 12.3. The summed E-state index contributed by atoms with van der Waals surface area (Å²) in [6, 6.07) is 6.80. The van der Waals surface area contributed by atoms with E-state index in [-0.39, 0.29) is 0 Å². The quantitative estimate of drug-likeness (QED) is 0.898. The number of carboxylic acid groups (broad SMARTS) is 1. The zero-order chi connectivity index (χ0) is 16.4. The van der Waals surface area contributed by atoms with Gasteiger partial charge in [0.05, 0.1) is 11.5 Å². The summed E-state index contributed by atoms with van der Waals surface area (Å²) < 4.78 is 28.5. The molecule has 4 nitrogen and oxygen atoms in total. The van der Waals surface area contributed by atoms with Gasteiger partial charge in [0.2, 0.25) is 0 Å². The first-order valence-corrected chi connectivity index (χ1v) is 7.26. The van der Waals surface area contributed by atoms with Crippen LogP contribution in [0.4, 0.5) is 8.78 Å². The Hall–Kier alpha value is -1.98. The molecule has 1 aliphatic carbocycles. The molecule has 0 saturated heterocycles. The first kappa shape index (κ1) is 16.4. The third-order valence-electron chi connectivity index (χ3n) is 4.33. The highest BCUT2D eigenvalue weighted by Gasteiger charge is 2.48. The molecular formula is C16H19F2NO3. The van der Waals surface area contributed by atoms with E-state index in [0.717, 1.165) is 6.42 Å². The predicted molar refractivity (Wildman–Crippen MR) is 76.5 cm³/mol. The van der Waals surface area contributed by atoms with E-state index in [1.165, 1.54) is 31.2 Å². The molecule has 0 radical (unpaired) electrons. The molecule has 1 aromatic rings. The summed E-state index contributed by atoms with van der Waals surface area (Å²) in [5.41, 5.74) is -1.56. The Morgan fingerprint density at radius 3 is 2.50 bits per heavy atom. The number of alkyl halides is 2. The molecule has 1 saturated carbocycles. The van der Waals surface area contributed by atoms with Crippen molar-refractivity contribution in [1.29, 1.82) is 0 Å². The number of amides is 1. The number of carboxylic acids is 1. The van der Waals surface area contributed by atoms with Crippen LogP contribution in [0.5, 0.6) is 0 Å². The van der Waals surface area contributed by atoms with Gasteiger partial charge >= 0.3 is 11.9 Å². The van der Waals surface area contributed by atoms with Gasteiger partial charge in [-0.15, -0.1) is 0 Å². The number of carbonyl (C=O) groups is 2. The van der Waals surface area contributed by atoms with E-state index >= 15 is 0 Å². The molecule has 2 atom stereocenters. The van der Waals surface area contributed by atoms with Crippen molar-refractivity contribution in [3.63, 3.8) is 0 Å². The maximum atomic E-state index is 14.2. The molecule has 1 aromatic carbocycles. The van der Waals surface area contributed by atoms with Crippen molar-refractivity contribution < 1.29 is 23.5 Å². The van der Waals surface area contributed by atoms with Gasteiger partial charge in [-0.1, -0.05) is 43.2 Å². The Kier molecular flexibility index (Phi) is 4.49. The van der Waals surface area contributed by atoms with Crippen LogP contribution in [-0.4, -0.2) is 22.5 Å². The van der Waals surface area contributed by atoms with Crippen LogP contribution in [-0.2, 0) is 15.5 Å². The molecule has 2 rings (SSSR count). The van der Waals surface area contributed by atoms with E-state index in [1.54, 1.807) is 6.07 Å². The molecular weight excluding hydrogens is 292 g/mol. The molecule has 1 fully saturated rings. The van der Waals surface area contributed by atoms with Gasteiger partial charge in [0.25, 0.3) is 5.91 Å². The van der Waals surface area contributed by atoms with Gasteiger partial charge in [-0.3, -0.25) is 9.59 Å². The van der Waals surface area contributed by atoms with Crippen LogP contribution in [0.25, 0.3) is 0 Å². The van der Waals surface area contributed by atoms with Gasteiger partial charge in [0.15, 0.2) is 0 Å². The van der Waals surface area contributed by atoms with Gasteiger partial charge < -0.3 is 10.4 Å². The van der Waals surface area contributed by atoms with Gasteiger partial charge in [-0.2, -0.15) is 8.78 Å². The fourth-order valence-corrected chi connectivity index (χ4v) is 3.00. The molecule has 6 heteroatoms. The summed E-state index contributed by atoms with van der Waals surface area (Å²) in [5.74, 6) is -7.05. The fraction of sp³-hybridized carbons (Fsp3) is 0.500. The Bertz CT molecular complexity index is 562. The van der Waals surface area contributed by atoms with E-state index in [0.29, 0.717) is 19.3 Å². The number of hydrogen-bond donors (Lipinski definition) is 2. The Labute approximate surface area is 127 Å². The number of rotatable bonds is 4. The minimum Gasteiger partial charge on any atom is -0.481 e. The smallest absolute Gasteiger partial charge is 0.349 e. The van der Waals surface area contributed by atoms with E-state index in [1.807, 2.05) is 0 Å². The molecule has 2 N–H and O–H groups in total. The number of halogens is 2. The molecule has 1 aliphatic rings. The van der Waals surface area contributed by atoms with Crippen molar-refractivity contribution in [1.82, 2.24) is 5.32 Å². The van der Waals surface area contributed by atoms with Crippen molar-refractivity contribution >= 4 is 11.9 Å². The summed E-state index contributed by atoms with van der Waals surface area (Å²) in [4.78, 5) is 23.4. The van der Waals surface area contributed by atoms with Gasteiger partial charge in [-0.25, -0.2) is 0 Å². The second-order valence-electron chi connectivity index (χ2n) is 5.95. The first-order valence-electron chi connectivity index (χ1n) is 7.26. The number of aliphatic carboxylic acids is 1. The van der Waals surface area contributed by atoms with E-state index in [4.69, 9.17) is 0 Å². The summed E-state index contributed by atoms with van der Waals surface area (Å²) >= 11 is 0. The molecule has 22 heavy (non-hydrogen) atoms. The van der Waals surface area contributed by atoms with Crippen LogP contribution >= 0.6 is 0 Å². The summed E-state index contributed by atoms with van der Waals surface area (Å²) in [6.07, 6.45) is 2.18. The van der Waals surface area contributed by atoms with E-state index in [9.17, 15) is 23.5 Å².